The van der Waals surface area contributed by atoms with E-state index in [0.29, 0.717) is 10.6 Å². The molecule has 5 nitrogen and oxygen atoms in total. The average molecular weight is 322 g/mol. The molecule has 0 radical (unpaired) electrons. The summed E-state index contributed by atoms with van der Waals surface area (Å²) in [5, 5.41) is 13.0. The topological polar surface area (TPSA) is 73.4 Å². The Morgan fingerprint density at radius 2 is 1.81 bits per heavy atom. The van der Waals surface area contributed by atoms with Crippen molar-refractivity contribution in [2.45, 2.75) is 0 Å². The van der Waals surface area contributed by atoms with Crippen LogP contribution in [0.2, 0.25) is 5.02 Å². The van der Waals surface area contributed by atoms with Crippen LogP contribution in [0.15, 0.2) is 48.5 Å². The average Bonchev–Trinajstić information content (AvgIpc) is 2.47. The number of benzene rings is 2. The Hall–Kier alpha value is -2.31. The largest absolute Gasteiger partial charge is 0.508 e. The van der Waals surface area contributed by atoms with E-state index < -0.39 is 5.91 Å². The van der Waals surface area contributed by atoms with Crippen molar-refractivity contribution >= 4 is 40.5 Å². The number of carbonyl (C=O) groups is 1. The summed E-state index contributed by atoms with van der Waals surface area (Å²) in [6, 6.07) is 12.9. The van der Waals surface area contributed by atoms with Crippen molar-refractivity contribution < 1.29 is 9.90 Å². The van der Waals surface area contributed by atoms with E-state index in [1.54, 1.807) is 36.4 Å². The number of rotatable bonds is 2. The van der Waals surface area contributed by atoms with Crippen LogP contribution >= 0.6 is 23.8 Å². The molecule has 108 valence electrons. The van der Waals surface area contributed by atoms with Crippen LogP contribution in [0.5, 0.6) is 5.75 Å². The molecule has 0 fully saturated rings. The molecule has 0 spiro atoms. The zero-order valence-electron chi connectivity index (χ0n) is 10.8. The molecular weight excluding hydrogens is 310 g/mol. The van der Waals surface area contributed by atoms with Gasteiger partial charge in [-0.15, -0.1) is 0 Å². The van der Waals surface area contributed by atoms with Crippen molar-refractivity contribution in [3.63, 3.8) is 0 Å². The van der Waals surface area contributed by atoms with Crippen LogP contribution in [-0.2, 0) is 0 Å². The monoisotopic (exact) mass is 321 g/mol. The molecule has 1 amide bonds. The van der Waals surface area contributed by atoms with Crippen LogP contribution in [0.3, 0.4) is 0 Å². The molecule has 0 aliphatic carbocycles. The highest BCUT2D eigenvalue weighted by atomic mass is 35.5. The van der Waals surface area contributed by atoms with Gasteiger partial charge in [-0.1, -0.05) is 17.7 Å². The number of carbonyl (C=O) groups excluding carboxylic acids is 1. The minimum absolute atomic E-state index is 0.0181. The number of thiocarbonyl (C=S) groups is 1. The lowest BCUT2D eigenvalue weighted by Gasteiger charge is -2.11. The number of anilines is 1. The molecule has 0 saturated carbocycles. The predicted molar refractivity (Wildman–Crippen MR) is 86.4 cm³/mol. The Labute approximate surface area is 131 Å². The molecule has 2 aromatic rings. The van der Waals surface area contributed by atoms with Gasteiger partial charge < -0.3 is 10.4 Å². The maximum atomic E-state index is 11.8. The molecule has 0 unspecified atom stereocenters. The molecule has 2 rings (SSSR count). The van der Waals surface area contributed by atoms with E-state index in [4.69, 9.17) is 23.8 Å². The van der Waals surface area contributed by atoms with Crippen LogP contribution in [0.25, 0.3) is 0 Å². The molecular formula is C14H12ClN3O2S. The van der Waals surface area contributed by atoms with Crippen molar-refractivity contribution in [1.29, 1.82) is 0 Å². The van der Waals surface area contributed by atoms with Gasteiger partial charge in [0.05, 0.1) is 0 Å². The fourth-order valence-corrected chi connectivity index (χ4v) is 1.82. The first-order chi connectivity index (χ1) is 10.0. The molecule has 0 saturated heterocycles. The highest BCUT2D eigenvalue weighted by Crippen LogP contribution is 2.13. The van der Waals surface area contributed by atoms with Crippen molar-refractivity contribution in [2.24, 2.45) is 0 Å². The third-order valence-corrected chi connectivity index (χ3v) is 2.96. The molecule has 0 bridgehead atoms. The van der Waals surface area contributed by atoms with Gasteiger partial charge in [0.1, 0.15) is 5.75 Å². The number of hydrogen-bond donors (Lipinski definition) is 4. The summed E-state index contributed by atoms with van der Waals surface area (Å²) < 4.78 is 0. The van der Waals surface area contributed by atoms with Gasteiger partial charge >= 0.3 is 0 Å². The van der Waals surface area contributed by atoms with Crippen molar-refractivity contribution in [2.75, 3.05) is 5.32 Å². The highest BCUT2D eigenvalue weighted by Gasteiger charge is 2.06. The number of aromatic hydroxyl groups is 1. The maximum absolute atomic E-state index is 11.8. The lowest BCUT2D eigenvalue weighted by atomic mass is 10.2. The lowest BCUT2D eigenvalue weighted by Crippen LogP contribution is -2.43. The second kappa shape index (κ2) is 6.92. The van der Waals surface area contributed by atoms with Crippen LogP contribution in [0, 0.1) is 0 Å². The molecule has 2 aromatic carbocycles. The normalized spacial score (nSPS) is 9.76. The third kappa shape index (κ3) is 4.62. The van der Waals surface area contributed by atoms with Gasteiger partial charge in [-0.2, -0.15) is 0 Å². The standard InChI is InChI=1S/C14H12ClN3O2S/c15-10-4-6-11(7-5-10)16-14(21)18-17-13(20)9-2-1-3-12(19)8-9/h1-8,19H,(H,17,20)(H2,16,18,21). The predicted octanol–water partition coefficient (Wildman–Crippen LogP) is 2.68. The summed E-state index contributed by atoms with van der Waals surface area (Å²) in [6.07, 6.45) is 0. The van der Waals surface area contributed by atoms with Gasteiger partial charge in [-0.05, 0) is 54.7 Å². The van der Waals surface area contributed by atoms with E-state index in [1.165, 1.54) is 12.1 Å². The Morgan fingerprint density at radius 1 is 1.10 bits per heavy atom. The summed E-state index contributed by atoms with van der Waals surface area (Å²) in [7, 11) is 0. The number of hydrazine groups is 1. The van der Waals surface area contributed by atoms with Crippen LogP contribution in [0.4, 0.5) is 5.69 Å². The number of phenols is 1. The van der Waals surface area contributed by atoms with Crippen molar-refractivity contribution in [3.8, 4) is 5.75 Å². The molecule has 0 heterocycles. The fourth-order valence-electron chi connectivity index (χ4n) is 1.53. The Kier molecular flexibility index (Phi) is 4.97. The Morgan fingerprint density at radius 3 is 2.48 bits per heavy atom. The quantitative estimate of drug-likeness (QED) is 0.505. The van der Waals surface area contributed by atoms with Crippen LogP contribution in [-0.4, -0.2) is 16.1 Å². The molecule has 4 N–H and O–H groups in total. The van der Waals surface area contributed by atoms with E-state index in [9.17, 15) is 9.90 Å². The van der Waals surface area contributed by atoms with Gasteiger partial charge in [0, 0.05) is 16.3 Å². The van der Waals surface area contributed by atoms with Gasteiger partial charge in [-0.3, -0.25) is 15.6 Å². The summed E-state index contributed by atoms with van der Waals surface area (Å²) in [4.78, 5) is 11.8. The van der Waals surface area contributed by atoms with E-state index in [0.717, 1.165) is 5.69 Å². The van der Waals surface area contributed by atoms with Gasteiger partial charge in [-0.25, -0.2) is 0 Å². The second-order valence-corrected chi connectivity index (χ2v) is 4.94. The zero-order valence-corrected chi connectivity index (χ0v) is 12.3. The minimum Gasteiger partial charge on any atom is -0.508 e. The number of phenolic OH excluding ortho intramolecular Hbond substituents is 1. The minimum atomic E-state index is -0.411. The number of halogens is 1. The molecule has 0 aliphatic rings. The van der Waals surface area contributed by atoms with Crippen molar-refractivity contribution in [1.82, 2.24) is 10.9 Å². The number of amides is 1. The number of hydrogen-bond acceptors (Lipinski definition) is 3. The Bertz CT molecular complexity index is 662. The van der Waals surface area contributed by atoms with Gasteiger partial charge in [0.15, 0.2) is 5.11 Å². The van der Waals surface area contributed by atoms with Gasteiger partial charge in [0.2, 0.25) is 0 Å². The zero-order chi connectivity index (χ0) is 15.2. The van der Waals surface area contributed by atoms with Crippen LogP contribution < -0.4 is 16.2 Å². The van der Waals surface area contributed by atoms with E-state index >= 15 is 0 Å². The first-order valence-corrected chi connectivity index (χ1v) is 6.75. The third-order valence-electron chi connectivity index (χ3n) is 2.50. The van der Waals surface area contributed by atoms with Gasteiger partial charge in [0.25, 0.3) is 5.91 Å². The van der Waals surface area contributed by atoms with E-state index in [-0.39, 0.29) is 10.9 Å². The second-order valence-electron chi connectivity index (χ2n) is 4.09. The first kappa shape index (κ1) is 15.1. The molecule has 0 aromatic heterocycles. The lowest BCUT2D eigenvalue weighted by molar-refractivity contribution is 0.0944. The summed E-state index contributed by atoms with van der Waals surface area (Å²) >= 11 is 10.8. The maximum Gasteiger partial charge on any atom is 0.269 e. The summed E-state index contributed by atoms with van der Waals surface area (Å²) in [5.74, 6) is -0.393. The number of nitrogens with one attached hydrogen (secondary N) is 3. The van der Waals surface area contributed by atoms with E-state index in [1.807, 2.05) is 0 Å². The van der Waals surface area contributed by atoms with E-state index in [2.05, 4.69) is 16.2 Å². The fraction of sp³-hybridized carbons (Fsp3) is 0. The first-order valence-electron chi connectivity index (χ1n) is 5.96. The molecule has 0 aliphatic heterocycles. The summed E-state index contributed by atoms with van der Waals surface area (Å²) in [5.41, 5.74) is 6.05. The highest BCUT2D eigenvalue weighted by molar-refractivity contribution is 7.80. The molecule has 0 atom stereocenters. The Balaban J connectivity index is 1.86. The molecule has 21 heavy (non-hydrogen) atoms. The summed E-state index contributed by atoms with van der Waals surface area (Å²) in [6.45, 7) is 0. The SMILES string of the molecule is O=C(NNC(=S)Nc1ccc(Cl)cc1)c1cccc(O)c1. The smallest absolute Gasteiger partial charge is 0.269 e. The molecule has 7 heteroatoms. The van der Waals surface area contributed by atoms with Crippen molar-refractivity contribution in [3.05, 3.63) is 59.1 Å². The van der Waals surface area contributed by atoms with Crippen LogP contribution in [0.1, 0.15) is 10.4 Å².